The molecular weight excluding hydrogens is 1280 g/mol. The van der Waals surface area contributed by atoms with Crippen molar-refractivity contribution in [1.82, 2.24) is 0 Å². The molecule has 0 radical (unpaired) electrons. The molecule has 0 aliphatic carbocycles. The molecule has 17 nitrogen and oxygen atoms in total. The Balaban J connectivity index is 5.26. The first-order chi connectivity index (χ1) is 47.5. The number of aliphatic hydroxyl groups is 1. The lowest BCUT2D eigenvalue weighted by molar-refractivity contribution is -0.161. The van der Waals surface area contributed by atoms with Crippen molar-refractivity contribution in [1.29, 1.82) is 0 Å². The van der Waals surface area contributed by atoms with Gasteiger partial charge < -0.3 is 33.8 Å². The Kier molecular flexibility index (Phi) is 70.6. The van der Waals surface area contributed by atoms with Gasteiger partial charge in [0.25, 0.3) is 0 Å². The van der Waals surface area contributed by atoms with Crippen LogP contribution >= 0.6 is 15.6 Å². The Morgan fingerprint density at radius 3 is 0.694 bits per heavy atom. The molecule has 3 N–H and O–H groups in total. The van der Waals surface area contributed by atoms with E-state index in [-0.39, 0.29) is 25.7 Å². The quantitative estimate of drug-likeness (QED) is 0.0222. The third-order valence-corrected chi connectivity index (χ3v) is 20.4. The second kappa shape index (κ2) is 72.0. The van der Waals surface area contributed by atoms with Gasteiger partial charge in [0.2, 0.25) is 0 Å². The number of unbranched alkanes of at least 4 members (excludes halogenated alkanes) is 51. The van der Waals surface area contributed by atoms with Gasteiger partial charge in [-0.2, -0.15) is 0 Å². The SMILES string of the molecule is CCCCCCCCCCCCCCCCCCCC(=O)O[C@H](COC(=O)CCCCCCCCCCCCCC(C)C)COP(=O)(O)OC[C@@H](O)COP(=O)(O)OC[C@@H](COC(=O)CCCCCCCCCCCCCCC)OC(=O)CCCCCCCCCCCCCCCC. The molecule has 0 aromatic heterocycles. The molecule has 0 saturated heterocycles. The minimum atomic E-state index is -4.96. The minimum Gasteiger partial charge on any atom is -0.462 e. The zero-order valence-electron chi connectivity index (χ0n) is 63.9. The summed E-state index contributed by atoms with van der Waals surface area (Å²) in [6.45, 7) is 7.33. The topological polar surface area (TPSA) is 237 Å². The predicted octanol–water partition coefficient (Wildman–Crippen LogP) is 23.6. The average molecular weight is 1440 g/mol. The van der Waals surface area contributed by atoms with Crippen LogP contribution in [-0.4, -0.2) is 96.7 Å². The number of aliphatic hydroxyl groups excluding tert-OH is 1. The van der Waals surface area contributed by atoms with Gasteiger partial charge in [-0.05, 0) is 31.6 Å². The van der Waals surface area contributed by atoms with Crippen LogP contribution in [-0.2, 0) is 65.4 Å². The van der Waals surface area contributed by atoms with Gasteiger partial charge >= 0.3 is 39.5 Å². The smallest absolute Gasteiger partial charge is 0.462 e. The number of carbonyl (C=O) groups is 4. The second-order valence-corrected chi connectivity index (χ2v) is 31.8. The van der Waals surface area contributed by atoms with Crippen molar-refractivity contribution in [2.45, 2.75) is 438 Å². The van der Waals surface area contributed by atoms with Crippen LogP contribution in [0.4, 0.5) is 0 Å². The fourth-order valence-corrected chi connectivity index (χ4v) is 13.8. The van der Waals surface area contributed by atoms with Crippen molar-refractivity contribution in [2.24, 2.45) is 5.92 Å². The molecule has 0 bridgehead atoms. The van der Waals surface area contributed by atoms with Crippen molar-refractivity contribution >= 4 is 39.5 Å². The highest BCUT2D eigenvalue weighted by Crippen LogP contribution is 2.45. The van der Waals surface area contributed by atoms with Crippen LogP contribution < -0.4 is 0 Å². The molecule has 0 rings (SSSR count). The standard InChI is InChI=1S/C79H154O17P2/c1-6-9-12-15-18-21-24-27-29-30-31-34-39-45-50-55-60-65-79(84)96-75(69-90-77(82)63-58-53-48-43-40-35-36-41-46-51-56-61-72(4)5)71-94-98(87,88)92-67-73(80)66-91-97(85,86)93-70-74(68-89-76(81)62-57-52-47-42-37-32-26-23-20-17-14-11-8-3)95-78(83)64-59-54-49-44-38-33-28-25-22-19-16-13-10-7-2/h72-75,80H,6-71H2,1-5H3,(H,85,86)(H,87,88)/t73-,74+,75+/m0/s1. The number of hydrogen-bond donors (Lipinski definition) is 3. The van der Waals surface area contributed by atoms with Crippen molar-refractivity contribution < 1.29 is 80.2 Å². The van der Waals surface area contributed by atoms with Gasteiger partial charge in [-0.15, -0.1) is 0 Å². The van der Waals surface area contributed by atoms with E-state index in [1.54, 1.807) is 0 Å². The molecule has 0 aliphatic heterocycles. The zero-order valence-corrected chi connectivity index (χ0v) is 65.7. The number of phosphoric ester groups is 2. The molecule has 582 valence electrons. The summed E-state index contributed by atoms with van der Waals surface area (Å²) in [6.07, 6.45) is 62.2. The van der Waals surface area contributed by atoms with Crippen LogP contribution in [0.25, 0.3) is 0 Å². The molecule has 0 aliphatic rings. The van der Waals surface area contributed by atoms with Crippen molar-refractivity contribution in [3.63, 3.8) is 0 Å². The number of phosphoric acid groups is 2. The Bertz CT molecular complexity index is 1870. The lowest BCUT2D eigenvalue weighted by Gasteiger charge is -2.21. The number of carbonyl (C=O) groups excluding carboxylic acids is 4. The first-order valence-corrected chi connectivity index (χ1v) is 44.1. The van der Waals surface area contributed by atoms with E-state index in [9.17, 15) is 43.2 Å². The van der Waals surface area contributed by atoms with Crippen molar-refractivity contribution in [3.8, 4) is 0 Å². The van der Waals surface area contributed by atoms with Crippen LogP contribution in [0.5, 0.6) is 0 Å². The molecule has 0 saturated carbocycles. The van der Waals surface area contributed by atoms with E-state index in [0.29, 0.717) is 25.7 Å². The third kappa shape index (κ3) is 72.4. The van der Waals surface area contributed by atoms with Crippen LogP contribution in [0, 0.1) is 5.92 Å². The highest BCUT2D eigenvalue weighted by atomic mass is 31.2. The fraction of sp³-hybridized carbons (Fsp3) is 0.949. The fourth-order valence-electron chi connectivity index (χ4n) is 12.2. The number of hydrogen-bond acceptors (Lipinski definition) is 15. The molecule has 0 aromatic carbocycles. The molecule has 0 spiro atoms. The molecule has 98 heavy (non-hydrogen) atoms. The van der Waals surface area contributed by atoms with Gasteiger partial charge in [-0.25, -0.2) is 9.13 Å². The summed E-state index contributed by atoms with van der Waals surface area (Å²) in [5.74, 6) is -1.33. The summed E-state index contributed by atoms with van der Waals surface area (Å²) in [7, 11) is -9.92. The number of rotatable bonds is 79. The van der Waals surface area contributed by atoms with E-state index in [2.05, 4.69) is 34.6 Å². The maximum absolute atomic E-state index is 13.1. The van der Waals surface area contributed by atoms with Crippen molar-refractivity contribution in [2.75, 3.05) is 39.6 Å². The summed E-state index contributed by atoms with van der Waals surface area (Å²) >= 11 is 0. The van der Waals surface area contributed by atoms with Gasteiger partial charge in [-0.3, -0.25) is 37.3 Å². The normalized spacial score (nSPS) is 13.9. The van der Waals surface area contributed by atoms with E-state index in [1.807, 2.05) is 0 Å². The van der Waals surface area contributed by atoms with Gasteiger partial charge in [0.05, 0.1) is 26.4 Å². The Morgan fingerprint density at radius 2 is 0.469 bits per heavy atom. The average Bonchev–Trinajstić information content (AvgIpc) is 3.13. The highest BCUT2D eigenvalue weighted by molar-refractivity contribution is 7.47. The zero-order chi connectivity index (χ0) is 71.9. The number of esters is 4. The summed E-state index contributed by atoms with van der Waals surface area (Å²) in [6, 6.07) is 0. The van der Waals surface area contributed by atoms with Crippen molar-refractivity contribution in [3.05, 3.63) is 0 Å². The molecule has 5 atom stereocenters. The highest BCUT2D eigenvalue weighted by Gasteiger charge is 2.30. The van der Waals surface area contributed by atoms with E-state index < -0.39 is 97.5 Å². The summed E-state index contributed by atoms with van der Waals surface area (Å²) in [5.41, 5.74) is 0. The maximum atomic E-state index is 13.1. The predicted molar refractivity (Wildman–Crippen MR) is 400 cm³/mol. The largest absolute Gasteiger partial charge is 0.472 e. The van der Waals surface area contributed by atoms with Crippen LogP contribution in [0.2, 0.25) is 0 Å². The molecular formula is C79H154O17P2. The van der Waals surface area contributed by atoms with E-state index in [4.69, 9.17) is 37.0 Å². The molecule has 0 amide bonds. The first kappa shape index (κ1) is 96.1. The van der Waals surface area contributed by atoms with E-state index >= 15 is 0 Å². The molecule has 0 fully saturated rings. The summed E-state index contributed by atoms with van der Waals surface area (Å²) in [4.78, 5) is 73.0. The van der Waals surface area contributed by atoms with E-state index in [0.717, 1.165) is 95.8 Å². The second-order valence-electron chi connectivity index (χ2n) is 28.9. The maximum Gasteiger partial charge on any atom is 0.472 e. The lowest BCUT2D eigenvalue weighted by Crippen LogP contribution is -2.30. The van der Waals surface area contributed by atoms with Gasteiger partial charge in [-0.1, -0.05) is 369 Å². The van der Waals surface area contributed by atoms with Gasteiger partial charge in [0, 0.05) is 25.7 Å². The Hall–Kier alpha value is -1.94. The molecule has 19 heteroatoms. The molecule has 0 aromatic rings. The van der Waals surface area contributed by atoms with Gasteiger partial charge in [0.1, 0.15) is 19.3 Å². The van der Waals surface area contributed by atoms with Crippen LogP contribution in [0.3, 0.4) is 0 Å². The minimum absolute atomic E-state index is 0.109. The third-order valence-electron chi connectivity index (χ3n) is 18.5. The number of ether oxygens (including phenoxy) is 4. The van der Waals surface area contributed by atoms with Crippen LogP contribution in [0.1, 0.15) is 420 Å². The monoisotopic (exact) mass is 1440 g/mol. The summed E-state index contributed by atoms with van der Waals surface area (Å²) < 4.78 is 68.7. The molecule has 2 unspecified atom stereocenters. The van der Waals surface area contributed by atoms with Crippen LogP contribution in [0.15, 0.2) is 0 Å². The summed E-state index contributed by atoms with van der Waals surface area (Å²) in [5, 5.41) is 10.6. The van der Waals surface area contributed by atoms with E-state index in [1.165, 1.54) is 244 Å². The molecule has 0 heterocycles. The first-order valence-electron chi connectivity index (χ1n) is 41.1. The lowest BCUT2D eigenvalue weighted by atomic mass is 10.0. The Morgan fingerprint density at radius 1 is 0.276 bits per heavy atom. The van der Waals surface area contributed by atoms with Gasteiger partial charge in [0.15, 0.2) is 12.2 Å². The Labute approximate surface area is 600 Å².